The molecule has 2 aromatic carbocycles. The van der Waals surface area contributed by atoms with Crippen LogP contribution in [0.2, 0.25) is 0 Å². The van der Waals surface area contributed by atoms with Crippen molar-refractivity contribution >= 4 is 11.9 Å². The molecular weight excluding hydrogens is 292 g/mol. The van der Waals surface area contributed by atoms with E-state index in [1.165, 1.54) is 0 Å². The van der Waals surface area contributed by atoms with Crippen LogP contribution in [0.4, 0.5) is 0 Å². The maximum absolute atomic E-state index is 11.2. The van der Waals surface area contributed by atoms with E-state index in [2.05, 4.69) is 0 Å². The Hall–Kier alpha value is -2.62. The van der Waals surface area contributed by atoms with Gasteiger partial charge in [-0.3, -0.25) is 9.59 Å². The van der Waals surface area contributed by atoms with Crippen LogP contribution in [0.15, 0.2) is 48.5 Å². The molecule has 0 bridgehead atoms. The maximum atomic E-state index is 11.2. The summed E-state index contributed by atoms with van der Waals surface area (Å²) < 4.78 is 10.3. The molecular formula is C19H20O4. The topological polar surface area (TPSA) is 52.6 Å². The van der Waals surface area contributed by atoms with Gasteiger partial charge in [0.25, 0.3) is 0 Å². The van der Waals surface area contributed by atoms with Crippen molar-refractivity contribution in [1.29, 1.82) is 0 Å². The van der Waals surface area contributed by atoms with Gasteiger partial charge in [0.05, 0.1) is 0 Å². The molecule has 0 saturated carbocycles. The number of esters is 2. The van der Waals surface area contributed by atoms with E-state index in [0.717, 1.165) is 17.5 Å². The zero-order valence-electron chi connectivity index (χ0n) is 13.4. The highest BCUT2D eigenvalue weighted by molar-refractivity contribution is 5.72. The number of ether oxygens (including phenoxy) is 2. The van der Waals surface area contributed by atoms with E-state index in [4.69, 9.17) is 9.47 Å². The van der Waals surface area contributed by atoms with Gasteiger partial charge in [0, 0.05) is 12.8 Å². The smallest absolute Gasteiger partial charge is 0.310 e. The first-order valence-electron chi connectivity index (χ1n) is 7.70. The highest BCUT2D eigenvalue weighted by Gasteiger charge is 2.04. The summed E-state index contributed by atoms with van der Waals surface area (Å²) in [5.74, 6) is 0.634. The molecule has 0 amide bonds. The molecule has 0 saturated heterocycles. The quantitative estimate of drug-likeness (QED) is 0.599. The number of carbonyl (C=O) groups excluding carboxylic acids is 2. The molecule has 0 N–H and O–H groups in total. The van der Waals surface area contributed by atoms with E-state index in [9.17, 15) is 9.59 Å². The van der Waals surface area contributed by atoms with Crippen molar-refractivity contribution in [3.63, 3.8) is 0 Å². The predicted octanol–water partition coefficient (Wildman–Crippen LogP) is 3.91. The molecule has 0 atom stereocenters. The molecule has 4 nitrogen and oxygen atoms in total. The van der Waals surface area contributed by atoms with Gasteiger partial charge < -0.3 is 9.47 Å². The monoisotopic (exact) mass is 312 g/mol. The van der Waals surface area contributed by atoms with Crippen LogP contribution in [-0.2, 0) is 16.0 Å². The van der Waals surface area contributed by atoms with Crippen LogP contribution in [0.3, 0.4) is 0 Å². The van der Waals surface area contributed by atoms with Crippen LogP contribution in [0.1, 0.15) is 37.8 Å². The Kier molecular flexibility index (Phi) is 5.92. The third-order valence-corrected chi connectivity index (χ3v) is 3.30. The molecule has 2 aromatic rings. The molecule has 0 unspecified atom stereocenters. The Morgan fingerprint density at radius 3 is 1.35 bits per heavy atom. The first kappa shape index (κ1) is 16.7. The van der Waals surface area contributed by atoms with Crippen molar-refractivity contribution in [2.24, 2.45) is 0 Å². The first-order chi connectivity index (χ1) is 11.1. The maximum Gasteiger partial charge on any atom is 0.310 e. The lowest BCUT2D eigenvalue weighted by molar-refractivity contribution is -0.134. The summed E-state index contributed by atoms with van der Waals surface area (Å²) in [5, 5.41) is 0. The summed E-state index contributed by atoms with van der Waals surface area (Å²) in [6, 6.07) is 14.9. The molecule has 4 heteroatoms. The molecule has 0 aromatic heterocycles. The van der Waals surface area contributed by atoms with E-state index >= 15 is 0 Å². The Labute approximate surface area is 136 Å². The van der Waals surface area contributed by atoms with Crippen LogP contribution >= 0.6 is 0 Å². The van der Waals surface area contributed by atoms with Gasteiger partial charge in [0.15, 0.2) is 0 Å². The van der Waals surface area contributed by atoms with E-state index < -0.39 is 0 Å². The number of hydrogen-bond donors (Lipinski definition) is 0. The lowest BCUT2D eigenvalue weighted by Crippen LogP contribution is -2.05. The Morgan fingerprint density at radius 2 is 1.04 bits per heavy atom. The standard InChI is InChI=1S/C19H20O4/c1-3-18(20)22-16-9-5-14(6-10-16)13-15-7-11-17(12-8-15)23-19(21)4-2/h5-12H,3-4,13H2,1-2H3. The Balaban J connectivity index is 1.96. The minimum atomic E-state index is -0.241. The molecule has 0 radical (unpaired) electrons. The van der Waals surface area contributed by atoms with Crippen LogP contribution in [0, 0.1) is 0 Å². The van der Waals surface area contributed by atoms with Gasteiger partial charge in [-0.2, -0.15) is 0 Å². The second-order valence-corrected chi connectivity index (χ2v) is 5.12. The van der Waals surface area contributed by atoms with Gasteiger partial charge in [0.2, 0.25) is 0 Å². The summed E-state index contributed by atoms with van der Waals surface area (Å²) in [7, 11) is 0. The second kappa shape index (κ2) is 8.13. The third-order valence-electron chi connectivity index (χ3n) is 3.30. The minimum Gasteiger partial charge on any atom is -0.427 e. The normalized spacial score (nSPS) is 10.2. The number of carbonyl (C=O) groups is 2. The summed E-state index contributed by atoms with van der Waals surface area (Å²) in [6.45, 7) is 3.52. The molecule has 0 aliphatic rings. The van der Waals surface area contributed by atoms with Crippen molar-refractivity contribution in [2.45, 2.75) is 33.1 Å². The number of benzene rings is 2. The molecule has 23 heavy (non-hydrogen) atoms. The molecule has 0 aliphatic carbocycles. The fraction of sp³-hybridized carbons (Fsp3) is 0.263. The van der Waals surface area contributed by atoms with Gasteiger partial charge in [-0.05, 0) is 41.8 Å². The van der Waals surface area contributed by atoms with E-state index in [1.54, 1.807) is 38.1 Å². The van der Waals surface area contributed by atoms with Crippen molar-refractivity contribution in [1.82, 2.24) is 0 Å². The van der Waals surface area contributed by atoms with Crippen LogP contribution < -0.4 is 9.47 Å². The van der Waals surface area contributed by atoms with Gasteiger partial charge in [0.1, 0.15) is 11.5 Å². The van der Waals surface area contributed by atoms with Crippen LogP contribution in [0.5, 0.6) is 11.5 Å². The third kappa shape index (κ3) is 5.25. The Morgan fingerprint density at radius 1 is 0.696 bits per heavy atom. The van der Waals surface area contributed by atoms with Crippen LogP contribution in [0.25, 0.3) is 0 Å². The van der Waals surface area contributed by atoms with Gasteiger partial charge in [-0.25, -0.2) is 0 Å². The fourth-order valence-electron chi connectivity index (χ4n) is 1.99. The van der Waals surface area contributed by atoms with Gasteiger partial charge >= 0.3 is 11.9 Å². The number of hydrogen-bond acceptors (Lipinski definition) is 4. The predicted molar refractivity (Wildman–Crippen MR) is 87.5 cm³/mol. The van der Waals surface area contributed by atoms with E-state index in [0.29, 0.717) is 24.3 Å². The lowest BCUT2D eigenvalue weighted by atomic mass is 10.0. The lowest BCUT2D eigenvalue weighted by Gasteiger charge is -2.06. The summed E-state index contributed by atoms with van der Waals surface area (Å²) in [6.07, 6.45) is 1.47. The fourth-order valence-corrected chi connectivity index (χ4v) is 1.99. The average Bonchev–Trinajstić information content (AvgIpc) is 2.58. The van der Waals surface area contributed by atoms with Gasteiger partial charge in [-0.1, -0.05) is 38.1 Å². The second-order valence-electron chi connectivity index (χ2n) is 5.12. The summed E-state index contributed by atoms with van der Waals surface area (Å²) in [5.41, 5.74) is 2.22. The van der Waals surface area contributed by atoms with Crippen molar-refractivity contribution in [2.75, 3.05) is 0 Å². The van der Waals surface area contributed by atoms with E-state index in [1.807, 2.05) is 24.3 Å². The molecule has 0 heterocycles. The molecule has 2 rings (SSSR count). The van der Waals surface area contributed by atoms with Crippen LogP contribution in [-0.4, -0.2) is 11.9 Å². The van der Waals surface area contributed by atoms with Crippen molar-refractivity contribution < 1.29 is 19.1 Å². The highest BCUT2D eigenvalue weighted by atomic mass is 16.5. The summed E-state index contributed by atoms with van der Waals surface area (Å²) in [4.78, 5) is 22.5. The number of rotatable bonds is 6. The largest absolute Gasteiger partial charge is 0.427 e. The van der Waals surface area contributed by atoms with Crippen molar-refractivity contribution in [3.8, 4) is 11.5 Å². The molecule has 0 aliphatic heterocycles. The van der Waals surface area contributed by atoms with Gasteiger partial charge in [-0.15, -0.1) is 0 Å². The zero-order valence-corrected chi connectivity index (χ0v) is 13.4. The Bertz CT molecular complexity index is 597. The molecule has 120 valence electrons. The van der Waals surface area contributed by atoms with E-state index in [-0.39, 0.29) is 11.9 Å². The minimum absolute atomic E-state index is 0.241. The zero-order chi connectivity index (χ0) is 16.7. The highest BCUT2D eigenvalue weighted by Crippen LogP contribution is 2.18. The molecule has 0 spiro atoms. The SMILES string of the molecule is CCC(=O)Oc1ccc(Cc2ccc(OC(=O)CC)cc2)cc1. The van der Waals surface area contributed by atoms with Crippen molar-refractivity contribution in [3.05, 3.63) is 59.7 Å². The first-order valence-corrected chi connectivity index (χ1v) is 7.70. The molecule has 0 fully saturated rings. The summed E-state index contributed by atoms with van der Waals surface area (Å²) >= 11 is 0. The average molecular weight is 312 g/mol.